The Morgan fingerprint density at radius 2 is 1.62 bits per heavy atom. The number of ketones is 1. The van der Waals surface area contributed by atoms with Crippen molar-refractivity contribution in [3.8, 4) is 5.75 Å². The van der Waals surface area contributed by atoms with Crippen molar-refractivity contribution in [2.24, 2.45) is 0 Å². The third-order valence-electron chi connectivity index (χ3n) is 3.45. The van der Waals surface area contributed by atoms with E-state index in [0.29, 0.717) is 22.9 Å². The Hall–Kier alpha value is -2.29. The lowest BCUT2D eigenvalue weighted by atomic mass is 9.99. The lowest BCUT2D eigenvalue weighted by Crippen LogP contribution is -2.24. The van der Waals surface area contributed by atoms with E-state index in [-0.39, 0.29) is 5.78 Å². The van der Waals surface area contributed by atoms with Crippen LogP contribution in [0.3, 0.4) is 0 Å². The number of Topliss-reactive ketones (excluding diaryl/α,β-unsaturated/α-hetero) is 1. The first kappa shape index (κ1) is 15.1. The van der Waals surface area contributed by atoms with Gasteiger partial charge in [0.15, 0.2) is 6.10 Å². The summed E-state index contributed by atoms with van der Waals surface area (Å²) in [6, 6.07) is 14.9. The molecule has 0 bridgehead atoms. The van der Waals surface area contributed by atoms with Gasteiger partial charge in [-0.1, -0.05) is 50.2 Å². The third kappa shape index (κ3) is 3.63. The number of carbonyl (C=O) groups excluding carboxylic acids is 1. The topological polar surface area (TPSA) is 52.3 Å². The molecule has 1 atom stereocenters. The van der Waals surface area contributed by atoms with E-state index in [9.17, 15) is 4.79 Å². The number of carbonyl (C=O) groups is 1. The molecule has 2 aromatic rings. The van der Waals surface area contributed by atoms with E-state index >= 15 is 0 Å². The third-order valence-corrected chi connectivity index (χ3v) is 3.45. The van der Waals surface area contributed by atoms with Crippen LogP contribution in [0.15, 0.2) is 48.5 Å². The minimum atomic E-state index is -0.570. The molecule has 21 heavy (non-hydrogen) atoms. The number of hydrogen-bond acceptors (Lipinski definition) is 3. The SMILES string of the molecule is CC(Oc1ccccc1N)C(=O)c1ccc(C(C)C)cc1. The van der Waals surface area contributed by atoms with Crippen LogP contribution >= 0.6 is 0 Å². The maximum atomic E-state index is 12.4. The predicted molar refractivity (Wildman–Crippen MR) is 85.8 cm³/mol. The number of nitrogen functional groups attached to an aromatic ring is 1. The Balaban J connectivity index is 2.10. The van der Waals surface area contributed by atoms with Crippen molar-refractivity contribution in [3.63, 3.8) is 0 Å². The van der Waals surface area contributed by atoms with Crippen molar-refractivity contribution < 1.29 is 9.53 Å². The summed E-state index contributed by atoms with van der Waals surface area (Å²) in [4.78, 5) is 12.4. The summed E-state index contributed by atoms with van der Waals surface area (Å²) in [5.74, 6) is 0.942. The molecular weight excluding hydrogens is 262 g/mol. The minimum absolute atomic E-state index is 0.0476. The van der Waals surface area contributed by atoms with Crippen LogP contribution in [0, 0.1) is 0 Å². The Morgan fingerprint density at radius 3 is 2.19 bits per heavy atom. The van der Waals surface area contributed by atoms with Gasteiger partial charge in [-0.25, -0.2) is 0 Å². The minimum Gasteiger partial charge on any atom is -0.480 e. The van der Waals surface area contributed by atoms with Crippen molar-refractivity contribution >= 4 is 11.5 Å². The Kier molecular flexibility index (Phi) is 4.63. The van der Waals surface area contributed by atoms with Crippen LogP contribution in [-0.4, -0.2) is 11.9 Å². The van der Waals surface area contributed by atoms with Gasteiger partial charge in [-0.15, -0.1) is 0 Å². The molecule has 0 fully saturated rings. The van der Waals surface area contributed by atoms with Gasteiger partial charge in [-0.05, 0) is 30.5 Å². The summed E-state index contributed by atoms with van der Waals surface area (Å²) in [6.45, 7) is 5.99. The average molecular weight is 283 g/mol. The second kappa shape index (κ2) is 6.44. The van der Waals surface area contributed by atoms with Gasteiger partial charge in [0.05, 0.1) is 5.69 Å². The van der Waals surface area contributed by atoms with E-state index in [4.69, 9.17) is 10.5 Å². The number of nitrogens with two attached hydrogens (primary N) is 1. The molecule has 0 aliphatic rings. The quantitative estimate of drug-likeness (QED) is 0.665. The number of benzene rings is 2. The molecule has 0 aliphatic carbocycles. The first-order valence-electron chi connectivity index (χ1n) is 7.14. The summed E-state index contributed by atoms with van der Waals surface area (Å²) >= 11 is 0. The van der Waals surface area contributed by atoms with Crippen LogP contribution in [-0.2, 0) is 0 Å². The van der Waals surface area contributed by atoms with Gasteiger partial charge in [0, 0.05) is 5.56 Å². The molecule has 2 aromatic carbocycles. The Morgan fingerprint density at radius 1 is 1.00 bits per heavy atom. The maximum Gasteiger partial charge on any atom is 0.202 e. The van der Waals surface area contributed by atoms with E-state index in [1.54, 1.807) is 19.1 Å². The summed E-state index contributed by atoms with van der Waals surface area (Å²) in [7, 11) is 0. The van der Waals surface area contributed by atoms with Crippen LogP contribution < -0.4 is 10.5 Å². The fourth-order valence-electron chi connectivity index (χ4n) is 2.10. The molecule has 0 aromatic heterocycles. The van der Waals surface area contributed by atoms with Crippen LogP contribution in [0.5, 0.6) is 5.75 Å². The van der Waals surface area contributed by atoms with Gasteiger partial charge in [-0.3, -0.25) is 4.79 Å². The monoisotopic (exact) mass is 283 g/mol. The molecule has 0 aliphatic heterocycles. The molecule has 0 amide bonds. The fraction of sp³-hybridized carbons (Fsp3) is 0.278. The van der Waals surface area contributed by atoms with Gasteiger partial charge in [0.2, 0.25) is 5.78 Å². The molecule has 0 radical (unpaired) electrons. The van der Waals surface area contributed by atoms with E-state index in [0.717, 1.165) is 0 Å². The highest BCUT2D eigenvalue weighted by Gasteiger charge is 2.17. The standard InChI is InChI=1S/C18H21NO2/c1-12(2)14-8-10-15(11-9-14)18(20)13(3)21-17-7-5-4-6-16(17)19/h4-13H,19H2,1-3H3. The number of para-hydroxylation sites is 2. The zero-order valence-corrected chi connectivity index (χ0v) is 12.7. The van der Waals surface area contributed by atoms with Crippen molar-refractivity contribution in [1.82, 2.24) is 0 Å². The van der Waals surface area contributed by atoms with Gasteiger partial charge in [0.1, 0.15) is 5.75 Å². The van der Waals surface area contributed by atoms with Crippen molar-refractivity contribution in [1.29, 1.82) is 0 Å². The Labute approximate surface area is 125 Å². The summed E-state index contributed by atoms with van der Waals surface area (Å²) in [6.07, 6.45) is -0.570. The molecular formula is C18H21NO2. The first-order valence-corrected chi connectivity index (χ1v) is 7.14. The number of hydrogen-bond donors (Lipinski definition) is 1. The molecule has 2 N–H and O–H groups in total. The van der Waals surface area contributed by atoms with Crippen LogP contribution in [0.25, 0.3) is 0 Å². The van der Waals surface area contributed by atoms with Gasteiger partial charge in [-0.2, -0.15) is 0 Å². The van der Waals surface area contributed by atoms with E-state index in [2.05, 4.69) is 13.8 Å². The van der Waals surface area contributed by atoms with E-state index in [1.165, 1.54) is 5.56 Å². The number of ether oxygens (including phenoxy) is 1. The second-order valence-electron chi connectivity index (χ2n) is 5.44. The van der Waals surface area contributed by atoms with Crippen molar-refractivity contribution in [3.05, 3.63) is 59.7 Å². The van der Waals surface area contributed by atoms with E-state index < -0.39 is 6.10 Å². The van der Waals surface area contributed by atoms with Crippen molar-refractivity contribution in [2.75, 3.05) is 5.73 Å². The van der Waals surface area contributed by atoms with Crippen LogP contribution in [0.2, 0.25) is 0 Å². The zero-order chi connectivity index (χ0) is 15.4. The second-order valence-corrected chi connectivity index (χ2v) is 5.44. The molecule has 2 rings (SSSR count). The predicted octanol–water partition coefficient (Wildman–Crippen LogP) is 4.04. The Bertz CT molecular complexity index is 617. The highest BCUT2D eigenvalue weighted by Crippen LogP contribution is 2.22. The largest absolute Gasteiger partial charge is 0.480 e. The molecule has 0 spiro atoms. The molecule has 3 nitrogen and oxygen atoms in total. The molecule has 110 valence electrons. The smallest absolute Gasteiger partial charge is 0.202 e. The molecule has 0 saturated carbocycles. The average Bonchev–Trinajstić information content (AvgIpc) is 2.49. The van der Waals surface area contributed by atoms with Gasteiger partial charge < -0.3 is 10.5 Å². The highest BCUT2D eigenvalue weighted by atomic mass is 16.5. The van der Waals surface area contributed by atoms with Crippen molar-refractivity contribution in [2.45, 2.75) is 32.8 Å². The molecule has 3 heteroatoms. The van der Waals surface area contributed by atoms with Gasteiger partial charge >= 0.3 is 0 Å². The number of anilines is 1. The molecule has 0 heterocycles. The first-order chi connectivity index (χ1) is 9.99. The van der Waals surface area contributed by atoms with Gasteiger partial charge in [0.25, 0.3) is 0 Å². The van der Waals surface area contributed by atoms with Crippen LogP contribution in [0.4, 0.5) is 5.69 Å². The van der Waals surface area contributed by atoms with E-state index in [1.807, 2.05) is 36.4 Å². The normalized spacial score (nSPS) is 12.2. The lowest BCUT2D eigenvalue weighted by Gasteiger charge is -2.15. The summed E-state index contributed by atoms with van der Waals surface area (Å²) in [5.41, 5.74) is 8.23. The highest BCUT2D eigenvalue weighted by molar-refractivity contribution is 5.99. The number of rotatable bonds is 5. The summed E-state index contributed by atoms with van der Waals surface area (Å²) < 4.78 is 5.66. The summed E-state index contributed by atoms with van der Waals surface area (Å²) in [5, 5.41) is 0. The molecule has 1 unspecified atom stereocenters. The maximum absolute atomic E-state index is 12.4. The lowest BCUT2D eigenvalue weighted by molar-refractivity contribution is 0.0819. The fourth-order valence-corrected chi connectivity index (χ4v) is 2.10. The van der Waals surface area contributed by atoms with Crippen LogP contribution in [0.1, 0.15) is 42.6 Å². The zero-order valence-electron chi connectivity index (χ0n) is 12.7. The molecule has 0 saturated heterocycles.